The topological polar surface area (TPSA) is 25.8 Å². The van der Waals surface area contributed by atoms with Gasteiger partial charge < -0.3 is 0 Å². The van der Waals surface area contributed by atoms with Crippen LogP contribution < -0.4 is 0 Å². The third-order valence-corrected chi connectivity index (χ3v) is 12.5. The second kappa shape index (κ2) is 13.2. The lowest BCUT2D eigenvalue weighted by atomic mass is 9.66. The third-order valence-electron chi connectivity index (χ3n) is 12.5. The van der Waals surface area contributed by atoms with Gasteiger partial charge in [-0.1, -0.05) is 206 Å². The molecule has 0 saturated heterocycles. The maximum atomic E-state index is 5.37. The minimum atomic E-state index is -0.527. The van der Waals surface area contributed by atoms with Gasteiger partial charge in [0.2, 0.25) is 0 Å². The first-order valence-corrected chi connectivity index (χ1v) is 20.3. The molecule has 0 radical (unpaired) electrons. The molecule has 2 nitrogen and oxygen atoms in total. The molecule has 9 aromatic carbocycles. The molecule has 2 aliphatic rings. The van der Waals surface area contributed by atoms with Gasteiger partial charge in [-0.25, -0.2) is 9.97 Å². The number of rotatable bonds is 4. The van der Waals surface area contributed by atoms with Crippen LogP contribution in [-0.4, -0.2) is 9.97 Å². The van der Waals surface area contributed by atoms with Gasteiger partial charge in [0.25, 0.3) is 0 Å². The summed E-state index contributed by atoms with van der Waals surface area (Å²) in [6, 6.07) is 79.4. The highest BCUT2D eigenvalue weighted by Crippen LogP contribution is 2.61. The molecule has 1 heterocycles. The fourth-order valence-corrected chi connectivity index (χ4v) is 9.97. The highest BCUT2D eigenvalue weighted by Gasteiger charge is 2.49. The lowest BCUT2D eigenvalue weighted by Gasteiger charge is -2.35. The van der Waals surface area contributed by atoms with Gasteiger partial charge in [-0.05, 0) is 89.7 Å². The van der Waals surface area contributed by atoms with Crippen LogP contribution in [0, 0.1) is 0 Å². The van der Waals surface area contributed by atoms with Crippen molar-refractivity contribution in [2.24, 2.45) is 0 Å². The molecule has 0 atom stereocenters. The number of nitrogens with zero attached hydrogens (tertiary/aromatic N) is 2. The van der Waals surface area contributed by atoms with Gasteiger partial charge in [-0.15, -0.1) is 0 Å². The van der Waals surface area contributed by atoms with Crippen molar-refractivity contribution in [3.63, 3.8) is 0 Å². The Morgan fingerprint density at radius 1 is 0.271 bits per heavy atom. The van der Waals surface area contributed by atoms with Gasteiger partial charge >= 0.3 is 0 Å². The smallest absolute Gasteiger partial charge is 0.160 e. The minimum Gasteiger partial charge on any atom is -0.228 e. The van der Waals surface area contributed by atoms with Gasteiger partial charge in [0.15, 0.2) is 5.82 Å². The number of hydrogen-bond acceptors (Lipinski definition) is 2. The monoisotopic (exact) mass is 748 g/mol. The van der Waals surface area contributed by atoms with Crippen molar-refractivity contribution in [1.82, 2.24) is 9.97 Å². The van der Waals surface area contributed by atoms with Crippen molar-refractivity contribution in [3.05, 3.63) is 241 Å². The van der Waals surface area contributed by atoms with Crippen LogP contribution in [0.5, 0.6) is 0 Å². The van der Waals surface area contributed by atoms with Crippen LogP contribution in [0.3, 0.4) is 0 Å². The minimum absolute atomic E-state index is 0.527. The molecule has 0 amide bonds. The highest BCUT2D eigenvalue weighted by atomic mass is 14.9. The van der Waals surface area contributed by atoms with E-state index < -0.39 is 5.41 Å². The molecule has 0 fully saturated rings. The van der Waals surface area contributed by atoms with E-state index in [4.69, 9.17) is 9.97 Å². The van der Waals surface area contributed by atoms with E-state index in [9.17, 15) is 0 Å². The summed E-state index contributed by atoms with van der Waals surface area (Å²) in [5.41, 5.74) is 19.4. The van der Waals surface area contributed by atoms with E-state index in [1.165, 1.54) is 77.5 Å². The molecule has 0 unspecified atom stereocenters. The molecule has 0 saturated carbocycles. The molecular weight excluding hydrogens is 713 g/mol. The van der Waals surface area contributed by atoms with Crippen molar-refractivity contribution < 1.29 is 0 Å². The molecule has 274 valence electrons. The Labute approximate surface area is 343 Å². The molecule has 0 bridgehead atoms. The predicted molar refractivity (Wildman–Crippen MR) is 243 cm³/mol. The quantitative estimate of drug-likeness (QED) is 0.179. The fourth-order valence-electron chi connectivity index (χ4n) is 9.97. The van der Waals surface area contributed by atoms with E-state index >= 15 is 0 Å². The summed E-state index contributed by atoms with van der Waals surface area (Å²) in [5.74, 6) is 0.697. The summed E-state index contributed by atoms with van der Waals surface area (Å²) >= 11 is 0. The lowest BCUT2D eigenvalue weighted by Crippen LogP contribution is -2.29. The maximum absolute atomic E-state index is 5.37. The van der Waals surface area contributed by atoms with Crippen LogP contribution in [0.25, 0.3) is 89.2 Å². The van der Waals surface area contributed by atoms with Crippen molar-refractivity contribution in [3.8, 4) is 78.4 Å². The lowest BCUT2D eigenvalue weighted by molar-refractivity contribution is 0.775. The van der Waals surface area contributed by atoms with Gasteiger partial charge in [0, 0.05) is 16.7 Å². The summed E-state index contributed by atoms with van der Waals surface area (Å²) in [7, 11) is 0. The molecule has 2 aliphatic carbocycles. The Morgan fingerprint density at radius 2 is 0.712 bits per heavy atom. The summed E-state index contributed by atoms with van der Waals surface area (Å²) in [4.78, 5) is 10.7. The number of benzene rings is 9. The largest absolute Gasteiger partial charge is 0.228 e. The van der Waals surface area contributed by atoms with Crippen LogP contribution in [0.4, 0.5) is 0 Å². The Balaban J connectivity index is 1.08. The number of hydrogen-bond donors (Lipinski definition) is 0. The maximum Gasteiger partial charge on any atom is 0.160 e. The normalized spacial score (nSPS) is 12.9. The van der Waals surface area contributed by atoms with E-state index in [0.29, 0.717) is 5.82 Å². The van der Waals surface area contributed by atoms with Crippen LogP contribution in [0.2, 0.25) is 0 Å². The van der Waals surface area contributed by atoms with Crippen molar-refractivity contribution in [2.75, 3.05) is 0 Å². The zero-order chi connectivity index (χ0) is 38.9. The second-order valence-electron chi connectivity index (χ2n) is 15.6. The predicted octanol–water partition coefficient (Wildman–Crippen LogP) is 14.3. The molecule has 1 spiro atoms. The van der Waals surface area contributed by atoms with E-state index in [-0.39, 0.29) is 0 Å². The SMILES string of the molecule is c1ccc(-c2cc(-c3ccc(-c4cccc5ccccc45)cc3)nc(-c3ccc4c(c3)-c3ccccc3-c3ccccc3C43c4ccccc4-c4ccccc43)n2)cc1. The molecule has 0 aliphatic heterocycles. The molecule has 1 aromatic heterocycles. The first kappa shape index (κ1) is 33.5. The molecule has 59 heavy (non-hydrogen) atoms. The van der Waals surface area contributed by atoms with Crippen molar-refractivity contribution >= 4 is 10.8 Å². The average molecular weight is 749 g/mol. The summed E-state index contributed by atoms with van der Waals surface area (Å²) in [5, 5.41) is 2.49. The highest BCUT2D eigenvalue weighted by molar-refractivity contribution is 5.99. The van der Waals surface area contributed by atoms with Crippen LogP contribution in [0.15, 0.2) is 218 Å². The standard InChI is InChI=1S/C57H36N2/c1-2-16-39(17-3-1)54-36-55(40-31-29-38(30-32-40)43-25-14-18-37-15-4-5-19-42(37)43)59-56(58-54)41-33-34-53-49(35-41)45-21-7-6-20-44(45)46-22-8-11-26-50(46)57(53)51-27-12-9-23-47(51)48-24-10-13-28-52(48)57/h1-36H. The Hall–Kier alpha value is -7.68. The molecule has 2 heteroatoms. The second-order valence-corrected chi connectivity index (χ2v) is 15.6. The molecule has 0 N–H and O–H groups in total. The van der Waals surface area contributed by atoms with Gasteiger partial charge in [-0.3, -0.25) is 0 Å². The first-order valence-electron chi connectivity index (χ1n) is 20.3. The zero-order valence-electron chi connectivity index (χ0n) is 32.2. The first-order chi connectivity index (χ1) is 29.3. The summed E-state index contributed by atoms with van der Waals surface area (Å²) < 4.78 is 0. The van der Waals surface area contributed by atoms with Crippen molar-refractivity contribution in [2.45, 2.75) is 5.41 Å². The van der Waals surface area contributed by atoms with Gasteiger partial charge in [0.05, 0.1) is 16.8 Å². The Morgan fingerprint density at radius 3 is 1.37 bits per heavy atom. The zero-order valence-corrected chi connectivity index (χ0v) is 32.2. The third kappa shape index (κ3) is 5.06. The van der Waals surface area contributed by atoms with Crippen LogP contribution >= 0.6 is 0 Å². The van der Waals surface area contributed by atoms with E-state index in [0.717, 1.165) is 28.1 Å². The van der Waals surface area contributed by atoms with Crippen LogP contribution in [-0.2, 0) is 5.41 Å². The number of aromatic nitrogens is 2. The molecular formula is C57H36N2. The number of fused-ring (bicyclic) bond motifs is 13. The van der Waals surface area contributed by atoms with Crippen molar-refractivity contribution in [1.29, 1.82) is 0 Å². The Bertz CT molecular complexity index is 3220. The van der Waals surface area contributed by atoms with Gasteiger partial charge in [0.1, 0.15) is 0 Å². The van der Waals surface area contributed by atoms with E-state index in [1.54, 1.807) is 0 Å². The average Bonchev–Trinajstić information content (AvgIpc) is 3.56. The Kier molecular flexibility index (Phi) is 7.48. The van der Waals surface area contributed by atoms with Gasteiger partial charge in [-0.2, -0.15) is 0 Å². The summed E-state index contributed by atoms with van der Waals surface area (Å²) in [6.45, 7) is 0. The molecule has 12 rings (SSSR count). The molecule has 10 aromatic rings. The van der Waals surface area contributed by atoms with Crippen LogP contribution in [0.1, 0.15) is 22.3 Å². The summed E-state index contributed by atoms with van der Waals surface area (Å²) in [6.07, 6.45) is 0. The van der Waals surface area contributed by atoms with E-state index in [1.807, 2.05) is 0 Å². The van der Waals surface area contributed by atoms with E-state index in [2.05, 4.69) is 218 Å². The fraction of sp³-hybridized carbons (Fsp3) is 0.0175.